The quantitative estimate of drug-likeness (QED) is 0.703. The molecule has 3 aromatic rings. The van der Waals surface area contributed by atoms with Crippen LogP contribution in [-0.4, -0.2) is 10.5 Å². The number of nitrogens with one attached hydrogen (secondary N) is 1. The summed E-state index contributed by atoms with van der Waals surface area (Å²) in [4.78, 5) is 24.0. The molecule has 0 radical (unpaired) electrons. The minimum atomic E-state index is -0.271. The van der Waals surface area contributed by atoms with E-state index in [0.29, 0.717) is 25.3 Å². The van der Waals surface area contributed by atoms with Crippen LogP contribution < -0.4 is 10.9 Å². The molecule has 1 N–H and O–H groups in total. The number of pyridine rings is 1. The second-order valence-corrected chi connectivity index (χ2v) is 6.29. The van der Waals surface area contributed by atoms with Crippen LogP contribution in [-0.2, 0) is 31.5 Å². The zero-order valence-corrected chi connectivity index (χ0v) is 15.2. The van der Waals surface area contributed by atoms with Gasteiger partial charge in [0.25, 0.3) is 11.5 Å². The molecular formula is C22H22N2O3. The number of rotatable bonds is 7. The van der Waals surface area contributed by atoms with Crippen LogP contribution in [0.5, 0.6) is 0 Å². The van der Waals surface area contributed by atoms with Gasteiger partial charge in [0.2, 0.25) is 0 Å². The third-order valence-corrected chi connectivity index (χ3v) is 4.29. The SMILES string of the molecule is Cn1ccc(C(=O)NCc2ccccc2COCc2ccccc2)cc1=O. The number of carbonyl (C=O) groups excluding carboxylic acids is 1. The van der Waals surface area contributed by atoms with Gasteiger partial charge in [-0.1, -0.05) is 54.6 Å². The summed E-state index contributed by atoms with van der Waals surface area (Å²) < 4.78 is 7.24. The lowest BCUT2D eigenvalue weighted by molar-refractivity contribution is 0.0947. The van der Waals surface area contributed by atoms with Crippen LogP contribution in [0, 0.1) is 0 Å². The molecule has 0 bridgehead atoms. The number of aryl methyl sites for hydroxylation is 1. The zero-order chi connectivity index (χ0) is 19.1. The largest absolute Gasteiger partial charge is 0.372 e. The zero-order valence-electron chi connectivity index (χ0n) is 15.2. The fourth-order valence-corrected chi connectivity index (χ4v) is 2.69. The molecule has 0 atom stereocenters. The van der Waals surface area contributed by atoms with E-state index < -0.39 is 0 Å². The van der Waals surface area contributed by atoms with Gasteiger partial charge < -0.3 is 14.6 Å². The van der Waals surface area contributed by atoms with E-state index in [1.807, 2.05) is 54.6 Å². The Balaban J connectivity index is 1.59. The molecule has 1 aromatic heterocycles. The number of hydrogen-bond acceptors (Lipinski definition) is 3. The molecule has 0 saturated heterocycles. The van der Waals surface area contributed by atoms with Crippen molar-refractivity contribution >= 4 is 5.91 Å². The Kier molecular flexibility index (Phi) is 6.18. The van der Waals surface area contributed by atoms with Gasteiger partial charge in [-0.2, -0.15) is 0 Å². The van der Waals surface area contributed by atoms with Gasteiger partial charge in [-0.05, 0) is 22.8 Å². The van der Waals surface area contributed by atoms with Crippen molar-refractivity contribution in [2.45, 2.75) is 19.8 Å². The van der Waals surface area contributed by atoms with Crippen molar-refractivity contribution in [3.63, 3.8) is 0 Å². The summed E-state index contributed by atoms with van der Waals surface area (Å²) in [7, 11) is 1.65. The lowest BCUT2D eigenvalue weighted by Gasteiger charge is -2.11. The van der Waals surface area contributed by atoms with E-state index in [4.69, 9.17) is 4.74 Å². The first kappa shape index (κ1) is 18.6. The molecule has 0 aliphatic rings. The van der Waals surface area contributed by atoms with Gasteiger partial charge in [0.05, 0.1) is 13.2 Å². The maximum Gasteiger partial charge on any atom is 0.251 e. The number of hydrogen-bond donors (Lipinski definition) is 1. The van der Waals surface area contributed by atoms with Gasteiger partial charge in [-0.25, -0.2) is 0 Å². The number of benzene rings is 2. The van der Waals surface area contributed by atoms with Gasteiger partial charge in [0.1, 0.15) is 0 Å². The smallest absolute Gasteiger partial charge is 0.251 e. The third-order valence-electron chi connectivity index (χ3n) is 4.29. The number of amides is 1. The predicted molar refractivity (Wildman–Crippen MR) is 104 cm³/mol. The average molecular weight is 362 g/mol. The summed E-state index contributed by atoms with van der Waals surface area (Å²) in [6.07, 6.45) is 1.59. The van der Waals surface area contributed by atoms with Gasteiger partial charge in [0, 0.05) is 31.4 Å². The lowest BCUT2D eigenvalue weighted by Crippen LogP contribution is -2.26. The Hall–Kier alpha value is -3.18. The molecule has 1 heterocycles. The summed E-state index contributed by atoms with van der Waals surface area (Å²) in [6.45, 7) is 1.38. The fourth-order valence-electron chi connectivity index (χ4n) is 2.69. The molecule has 5 heteroatoms. The summed E-state index contributed by atoms with van der Waals surface area (Å²) in [6, 6.07) is 20.8. The number of nitrogens with zero attached hydrogens (tertiary/aromatic N) is 1. The molecular weight excluding hydrogens is 340 g/mol. The van der Waals surface area contributed by atoms with Crippen LogP contribution >= 0.6 is 0 Å². The van der Waals surface area contributed by atoms with Crippen molar-refractivity contribution < 1.29 is 9.53 Å². The molecule has 138 valence electrons. The van der Waals surface area contributed by atoms with Crippen LogP contribution in [0.25, 0.3) is 0 Å². The highest BCUT2D eigenvalue weighted by Gasteiger charge is 2.08. The second kappa shape index (κ2) is 8.96. The Labute approximate surface area is 158 Å². The minimum Gasteiger partial charge on any atom is -0.372 e. The molecule has 0 aliphatic heterocycles. The Morgan fingerprint density at radius 2 is 1.67 bits per heavy atom. The average Bonchev–Trinajstić information content (AvgIpc) is 2.70. The number of ether oxygens (including phenoxy) is 1. The van der Waals surface area contributed by atoms with Crippen molar-refractivity contribution in [2.24, 2.45) is 7.05 Å². The van der Waals surface area contributed by atoms with E-state index in [1.165, 1.54) is 10.6 Å². The van der Waals surface area contributed by atoms with Gasteiger partial charge in [0.15, 0.2) is 0 Å². The Morgan fingerprint density at radius 3 is 2.41 bits per heavy atom. The third kappa shape index (κ3) is 5.15. The van der Waals surface area contributed by atoms with Crippen molar-refractivity contribution in [2.75, 3.05) is 0 Å². The van der Waals surface area contributed by atoms with Gasteiger partial charge in [-0.15, -0.1) is 0 Å². The van der Waals surface area contributed by atoms with Crippen molar-refractivity contribution in [3.8, 4) is 0 Å². The molecule has 2 aromatic carbocycles. The molecule has 0 unspecified atom stereocenters. The summed E-state index contributed by atoms with van der Waals surface area (Å²) in [5, 5.41) is 2.87. The van der Waals surface area contributed by atoms with E-state index in [2.05, 4.69) is 5.32 Å². The van der Waals surface area contributed by atoms with Crippen molar-refractivity contribution in [3.05, 3.63) is 106 Å². The minimum absolute atomic E-state index is 0.211. The molecule has 3 rings (SSSR count). The standard InChI is InChI=1S/C22H22N2O3/c1-24-12-11-18(13-21(24)25)22(26)23-14-19-9-5-6-10-20(19)16-27-15-17-7-3-2-4-8-17/h2-13H,14-16H2,1H3,(H,23,26). The van der Waals surface area contributed by atoms with Crippen LogP contribution in [0.3, 0.4) is 0 Å². The molecule has 0 spiro atoms. The molecule has 0 aliphatic carbocycles. The maximum absolute atomic E-state index is 12.3. The number of carbonyl (C=O) groups is 1. The molecule has 1 amide bonds. The maximum atomic E-state index is 12.3. The first-order chi connectivity index (χ1) is 13.1. The van der Waals surface area contributed by atoms with E-state index >= 15 is 0 Å². The topological polar surface area (TPSA) is 60.3 Å². The van der Waals surface area contributed by atoms with E-state index in [1.54, 1.807) is 19.3 Å². The van der Waals surface area contributed by atoms with Crippen molar-refractivity contribution in [1.82, 2.24) is 9.88 Å². The van der Waals surface area contributed by atoms with E-state index in [0.717, 1.165) is 16.7 Å². The number of aromatic nitrogens is 1. The predicted octanol–water partition coefficient (Wildman–Crippen LogP) is 3.03. The molecule has 5 nitrogen and oxygen atoms in total. The van der Waals surface area contributed by atoms with Crippen LogP contribution in [0.4, 0.5) is 0 Å². The highest BCUT2D eigenvalue weighted by atomic mass is 16.5. The van der Waals surface area contributed by atoms with Gasteiger partial charge in [-0.3, -0.25) is 9.59 Å². The Morgan fingerprint density at radius 1 is 0.963 bits per heavy atom. The monoisotopic (exact) mass is 362 g/mol. The Bertz CT molecular complexity index is 965. The summed E-state index contributed by atoms with van der Waals surface area (Å²) in [5.41, 5.74) is 3.28. The normalized spacial score (nSPS) is 10.6. The van der Waals surface area contributed by atoms with Crippen LogP contribution in [0.15, 0.2) is 77.7 Å². The summed E-state index contributed by atoms with van der Waals surface area (Å²) in [5.74, 6) is -0.271. The van der Waals surface area contributed by atoms with Crippen molar-refractivity contribution in [1.29, 1.82) is 0 Å². The highest BCUT2D eigenvalue weighted by molar-refractivity contribution is 5.93. The summed E-state index contributed by atoms with van der Waals surface area (Å²) >= 11 is 0. The highest BCUT2D eigenvalue weighted by Crippen LogP contribution is 2.12. The second-order valence-electron chi connectivity index (χ2n) is 6.29. The lowest BCUT2D eigenvalue weighted by atomic mass is 10.1. The van der Waals surface area contributed by atoms with Crippen LogP contribution in [0.2, 0.25) is 0 Å². The van der Waals surface area contributed by atoms with E-state index in [9.17, 15) is 9.59 Å². The molecule has 27 heavy (non-hydrogen) atoms. The van der Waals surface area contributed by atoms with Crippen LogP contribution in [0.1, 0.15) is 27.0 Å². The van der Waals surface area contributed by atoms with Gasteiger partial charge >= 0.3 is 0 Å². The first-order valence-electron chi connectivity index (χ1n) is 8.77. The molecule has 0 saturated carbocycles. The fraction of sp³-hybridized carbons (Fsp3) is 0.182. The van der Waals surface area contributed by atoms with E-state index in [-0.39, 0.29) is 11.5 Å². The molecule has 0 fully saturated rings. The first-order valence-corrected chi connectivity index (χ1v) is 8.77.